The second-order valence-electron chi connectivity index (χ2n) is 13.4. The Morgan fingerprint density at radius 3 is 2.46 bits per heavy atom. The van der Waals surface area contributed by atoms with Crippen molar-refractivity contribution in [2.24, 2.45) is 35.0 Å². The number of hydrogen-bond donors (Lipinski definition) is 0. The van der Waals surface area contributed by atoms with Gasteiger partial charge in [-0.3, -0.25) is 14.7 Å². The number of hydrogen-bond acceptors (Lipinski definition) is 5. The van der Waals surface area contributed by atoms with E-state index < -0.39 is 0 Å². The lowest BCUT2D eigenvalue weighted by Crippen LogP contribution is -2.72. The Morgan fingerprint density at radius 2 is 1.79 bits per heavy atom. The molecule has 5 atom stereocenters. The summed E-state index contributed by atoms with van der Waals surface area (Å²) in [5.74, 6) is 4.42. The molecular formula is C32H40Cl2N2O3. The molecule has 5 unspecified atom stereocenters. The molecule has 5 aliphatic carbocycles. The minimum Gasteiger partial charge on any atom is -0.497 e. The van der Waals surface area contributed by atoms with E-state index in [-0.39, 0.29) is 48.3 Å². The van der Waals surface area contributed by atoms with Crippen LogP contribution in [0.4, 0.5) is 0 Å². The summed E-state index contributed by atoms with van der Waals surface area (Å²) in [7, 11) is 1.70. The molecule has 3 heterocycles. The molecular weight excluding hydrogens is 531 g/mol. The predicted molar refractivity (Wildman–Crippen MR) is 156 cm³/mol. The van der Waals surface area contributed by atoms with E-state index in [0.717, 1.165) is 78.1 Å². The van der Waals surface area contributed by atoms with Crippen molar-refractivity contribution in [1.82, 2.24) is 9.88 Å². The highest BCUT2D eigenvalue weighted by atomic mass is 35.5. The number of halogens is 2. The maximum Gasteiger partial charge on any atom is 0.312 e. The zero-order chi connectivity index (χ0) is 24.9. The summed E-state index contributed by atoms with van der Waals surface area (Å²) < 4.78 is 12.4. The first-order valence-corrected chi connectivity index (χ1v) is 14.5. The van der Waals surface area contributed by atoms with Crippen LogP contribution < -0.4 is 4.74 Å². The van der Waals surface area contributed by atoms with Gasteiger partial charge in [-0.15, -0.1) is 31.4 Å². The topological polar surface area (TPSA) is 51.7 Å². The molecule has 0 radical (unpaired) electrons. The number of fused-ring (bicyclic) bond motifs is 1. The highest BCUT2D eigenvalue weighted by Gasteiger charge is 2.69. The first kappa shape index (κ1) is 27.4. The molecule has 1 aromatic carbocycles. The molecule has 210 valence electrons. The van der Waals surface area contributed by atoms with E-state index in [0.29, 0.717) is 11.5 Å². The number of carbonyl (C=O) groups is 1. The fourth-order valence-corrected chi connectivity index (χ4v) is 10.5. The number of pyridine rings is 1. The minimum atomic E-state index is -0.273. The smallest absolute Gasteiger partial charge is 0.312 e. The van der Waals surface area contributed by atoms with E-state index in [4.69, 9.17) is 9.47 Å². The molecule has 0 amide bonds. The zero-order valence-corrected chi connectivity index (χ0v) is 24.4. The van der Waals surface area contributed by atoms with E-state index in [1.54, 1.807) is 7.11 Å². The van der Waals surface area contributed by atoms with Gasteiger partial charge in [0.15, 0.2) is 0 Å². The van der Waals surface area contributed by atoms with Crippen LogP contribution in [0.5, 0.6) is 5.75 Å². The maximum atomic E-state index is 14.2. The van der Waals surface area contributed by atoms with Crippen LogP contribution in [0.3, 0.4) is 0 Å². The highest BCUT2D eigenvalue weighted by Crippen LogP contribution is 2.66. The standard InChI is InChI=1S/C32H38N2O3.2ClH/c1-3-22-17-32-18-28(34(32)9-7-26(22)32)29(24-6-8-33-27-5-4-23(36-2)13-25(24)27)37-30(35)31-14-19-10-20(15-31)12-21(11-19)16-31;;/h3-6,8,13,19-22,26,28-29H,1,7,9-12,14-18H2,2H3;2*1H. The van der Waals surface area contributed by atoms with Gasteiger partial charge in [-0.1, -0.05) is 6.08 Å². The number of carbonyl (C=O) groups excluding carboxylic acids is 1. The summed E-state index contributed by atoms with van der Waals surface area (Å²) in [6.07, 6.45) is 14.4. The molecule has 7 heteroatoms. The Hall–Kier alpha value is -1.82. The Morgan fingerprint density at radius 1 is 1.08 bits per heavy atom. The molecule has 1 spiro atoms. The number of allylic oxidation sites excluding steroid dienone is 1. The molecule has 1 aromatic heterocycles. The van der Waals surface area contributed by atoms with E-state index in [1.165, 1.54) is 32.1 Å². The average molecular weight is 572 g/mol. The third-order valence-corrected chi connectivity index (χ3v) is 11.7. The van der Waals surface area contributed by atoms with E-state index >= 15 is 0 Å². The quantitative estimate of drug-likeness (QED) is 0.278. The lowest BCUT2D eigenvalue weighted by atomic mass is 9.49. The molecule has 7 fully saturated rings. The summed E-state index contributed by atoms with van der Waals surface area (Å²) in [6.45, 7) is 5.19. The van der Waals surface area contributed by atoms with Gasteiger partial charge >= 0.3 is 5.97 Å². The lowest BCUT2D eigenvalue weighted by molar-refractivity contribution is -0.202. The van der Waals surface area contributed by atoms with E-state index in [2.05, 4.69) is 34.7 Å². The normalized spacial score (nSPS) is 39.7. The summed E-state index contributed by atoms with van der Waals surface area (Å²) in [4.78, 5) is 21.6. The highest BCUT2D eigenvalue weighted by molar-refractivity contribution is 5.86. The molecule has 5 saturated carbocycles. The van der Waals surface area contributed by atoms with Gasteiger partial charge in [-0.2, -0.15) is 0 Å². The number of ether oxygens (including phenoxy) is 2. The number of methoxy groups -OCH3 is 1. The van der Waals surface area contributed by atoms with Crippen molar-refractivity contribution >= 4 is 41.7 Å². The van der Waals surface area contributed by atoms with E-state index in [9.17, 15) is 4.79 Å². The summed E-state index contributed by atoms with van der Waals surface area (Å²) in [5, 5.41) is 1.04. The lowest BCUT2D eigenvalue weighted by Gasteiger charge is -2.66. The summed E-state index contributed by atoms with van der Waals surface area (Å²) in [5.41, 5.74) is 2.06. The number of nitrogens with zero attached hydrogens (tertiary/aromatic N) is 2. The monoisotopic (exact) mass is 570 g/mol. The van der Waals surface area contributed by atoms with Crippen LogP contribution in [-0.4, -0.2) is 41.1 Å². The number of esters is 1. The van der Waals surface area contributed by atoms with Crippen LogP contribution in [0.1, 0.15) is 69.5 Å². The van der Waals surface area contributed by atoms with Gasteiger partial charge in [-0.25, -0.2) is 0 Å². The molecule has 2 saturated heterocycles. The summed E-state index contributed by atoms with van der Waals surface area (Å²) in [6, 6.07) is 8.37. The van der Waals surface area contributed by atoms with Gasteiger partial charge in [0.2, 0.25) is 0 Å². The van der Waals surface area contributed by atoms with Gasteiger partial charge in [0.05, 0.1) is 24.1 Å². The molecule has 7 aliphatic rings. The fraction of sp³-hybridized carbons (Fsp3) is 0.625. The van der Waals surface area contributed by atoms with Crippen molar-refractivity contribution in [2.75, 3.05) is 13.7 Å². The second-order valence-corrected chi connectivity index (χ2v) is 13.4. The van der Waals surface area contributed by atoms with Gasteiger partial charge in [0.25, 0.3) is 0 Å². The van der Waals surface area contributed by atoms with Crippen molar-refractivity contribution in [2.45, 2.75) is 75.5 Å². The van der Waals surface area contributed by atoms with Crippen molar-refractivity contribution in [3.05, 3.63) is 48.7 Å². The third kappa shape index (κ3) is 3.82. The maximum absolute atomic E-state index is 14.2. The predicted octanol–water partition coefficient (Wildman–Crippen LogP) is 6.93. The van der Waals surface area contributed by atoms with Crippen molar-refractivity contribution in [3.63, 3.8) is 0 Å². The van der Waals surface area contributed by atoms with Crippen LogP contribution in [0.15, 0.2) is 43.1 Å². The Labute approximate surface area is 243 Å². The van der Waals surface area contributed by atoms with Crippen molar-refractivity contribution in [3.8, 4) is 5.75 Å². The largest absolute Gasteiger partial charge is 0.497 e. The van der Waals surface area contributed by atoms with Crippen LogP contribution >= 0.6 is 24.8 Å². The number of aromatic nitrogens is 1. The SMILES string of the molecule is C=CC1CC23CC(C(OC(=O)C45CC6CC(CC(C6)C4)C5)c4ccnc5ccc(OC)cc45)N2CCC13.Cl.Cl. The van der Waals surface area contributed by atoms with Crippen molar-refractivity contribution < 1.29 is 14.3 Å². The first-order valence-electron chi connectivity index (χ1n) is 14.5. The molecule has 5 nitrogen and oxygen atoms in total. The number of rotatable bonds is 6. The molecule has 9 rings (SSSR count). The van der Waals surface area contributed by atoms with Gasteiger partial charge in [0, 0.05) is 22.7 Å². The molecule has 2 aliphatic heterocycles. The van der Waals surface area contributed by atoms with Gasteiger partial charge in [-0.05, 0) is 118 Å². The third-order valence-electron chi connectivity index (χ3n) is 11.7. The fourth-order valence-electron chi connectivity index (χ4n) is 10.5. The summed E-state index contributed by atoms with van der Waals surface area (Å²) >= 11 is 0. The molecule has 39 heavy (non-hydrogen) atoms. The van der Waals surface area contributed by atoms with Crippen LogP contribution in [0, 0.1) is 35.0 Å². The Balaban J connectivity index is 0.00000138. The molecule has 0 N–H and O–H groups in total. The van der Waals surface area contributed by atoms with Gasteiger partial charge in [0.1, 0.15) is 11.9 Å². The molecule has 4 bridgehead atoms. The van der Waals surface area contributed by atoms with E-state index in [1.807, 2.05) is 18.3 Å². The minimum absolute atomic E-state index is 0. The second kappa shape index (κ2) is 9.63. The van der Waals surface area contributed by atoms with Crippen LogP contribution in [-0.2, 0) is 9.53 Å². The van der Waals surface area contributed by atoms with Crippen molar-refractivity contribution in [1.29, 1.82) is 0 Å². The van der Waals surface area contributed by atoms with Crippen LogP contribution in [0.2, 0.25) is 0 Å². The molecule has 2 aromatic rings. The Kier molecular flexibility index (Phi) is 6.76. The first-order chi connectivity index (χ1) is 18.0. The number of benzene rings is 1. The Bertz CT molecular complexity index is 1260. The van der Waals surface area contributed by atoms with Gasteiger partial charge < -0.3 is 9.47 Å². The van der Waals surface area contributed by atoms with Crippen LogP contribution in [0.25, 0.3) is 10.9 Å². The average Bonchev–Trinajstić information content (AvgIpc) is 3.08. The zero-order valence-electron chi connectivity index (χ0n) is 22.7.